The van der Waals surface area contributed by atoms with Crippen LogP contribution in [0.2, 0.25) is 5.02 Å². The normalized spacial score (nSPS) is 20.0. The van der Waals surface area contributed by atoms with Crippen LogP contribution < -0.4 is 5.32 Å². The number of rotatable bonds is 8. The van der Waals surface area contributed by atoms with Crippen LogP contribution in [-0.4, -0.2) is 19.2 Å². The van der Waals surface area contributed by atoms with E-state index in [-0.39, 0.29) is 6.10 Å². The minimum atomic E-state index is -0.576. The molecular formula is C31H30ClNO2. The molecule has 5 rings (SSSR count). The fraction of sp³-hybridized carbons (Fsp3) is 0.226. The van der Waals surface area contributed by atoms with Gasteiger partial charge >= 0.3 is 0 Å². The maximum Gasteiger partial charge on any atom is 0.122 e. The van der Waals surface area contributed by atoms with E-state index in [9.17, 15) is 0 Å². The number of ether oxygens (including phenoxy) is 2. The summed E-state index contributed by atoms with van der Waals surface area (Å²) in [5.74, 6) is 0. The second-order valence-electron chi connectivity index (χ2n) is 8.95. The summed E-state index contributed by atoms with van der Waals surface area (Å²) >= 11 is 6.24. The van der Waals surface area contributed by atoms with Crippen molar-refractivity contribution in [1.29, 1.82) is 0 Å². The standard InChI is InChI=1S/C31H30ClNO2/c32-28-17-15-27(16-18-28)31(35-22-24-9-3-1-4-10-24)19-20-33-21-30(31)34-23-26-13-7-8-14-29(26)25-11-5-2-6-12-25/h1-18,30,33H,19-23H2. The van der Waals surface area contributed by atoms with Gasteiger partial charge in [0.15, 0.2) is 0 Å². The molecule has 4 aromatic carbocycles. The van der Waals surface area contributed by atoms with Gasteiger partial charge in [0.1, 0.15) is 11.7 Å². The van der Waals surface area contributed by atoms with Crippen LogP contribution in [0.5, 0.6) is 0 Å². The number of halogens is 1. The molecule has 2 unspecified atom stereocenters. The quantitative estimate of drug-likeness (QED) is 0.292. The number of hydrogen-bond acceptors (Lipinski definition) is 3. The van der Waals surface area contributed by atoms with Gasteiger partial charge in [-0.05, 0) is 52.9 Å². The molecule has 2 atom stereocenters. The lowest BCUT2D eigenvalue weighted by Gasteiger charge is -2.44. The SMILES string of the molecule is Clc1ccc(C2(OCc3ccccc3)CCNCC2OCc2ccccc2-c2ccccc2)cc1. The van der Waals surface area contributed by atoms with Gasteiger partial charge in [-0.25, -0.2) is 0 Å². The molecule has 0 saturated carbocycles. The maximum atomic E-state index is 6.79. The van der Waals surface area contributed by atoms with Crippen LogP contribution in [0.1, 0.15) is 23.1 Å². The van der Waals surface area contributed by atoms with Gasteiger partial charge in [0.2, 0.25) is 0 Å². The van der Waals surface area contributed by atoms with Crippen molar-refractivity contribution in [2.75, 3.05) is 13.1 Å². The lowest BCUT2D eigenvalue weighted by molar-refractivity contribution is -0.176. The van der Waals surface area contributed by atoms with Gasteiger partial charge in [0.25, 0.3) is 0 Å². The Hall–Kier alpha value is -2.95. The highest BCUT2D eigenvalue weighted by Gasteiger charge is 2.44. The van der Waals surface area contributed by atoms with E-state index < -0.39 is 5.60 Å². The summed E-state index contributed by atoms with van der Waals surface area (Å²) in [6, 6.07) is 37.3. The number of piperidine rings is 1. The van der Waals surface area contributed by atoms with Gasteiger partial charge in [-0.1, -0.05) is 109 Å². The molecule has 1 heterocycles. The van der Waals surface area contributed by atoms with Gasteiger partial charge < -0.3 is 14.8 Å². The smallest absolute Gasteiger partial charge is 0.122 e. The first-order chi connectivity index (χ1) is 17.2. The Morgan fingerprint density at radius 1 is 0.771 bits per heavy atom. The van der Waals surface area contributed by atoms with Gasteiger partial charge in [0.05, 0.1) is 13.2 Å². The van der Waals surface area contributed by atoms with Crippen LogP contribution in [-0.2, 0) is 28.3 Å². The summed E-state index contributed by atoms with van der Waals surface area (Å²) in [7, 11) is 0. The summed E-state index contributed by atoms with van der Waals surface area (Å²) in [4.78, 5) is 0. The second-order valence-corrected chi connectivity index (χ2v) is 9.38. The Morgan fingerprint density at radius 2 is 1.46 bits per heavy atom. The Bertz CT molecular complexity index is 1210. The summed E-state index contributed by atoms with van der Waals surface area (Å²) in [6.07, 6.45) is 0.650. The molecular weight excluding hydrogens is 454 g/mol. The zero-order valence-electron chi connectivity index (χ0n) is 19.7. The number of benzene rings is 4. The van der Waals surface area contributed by atoms with Crippen LogP contribution in [0, 0.1) is 0 Å². The van der Waals surface area contributed by atoms with E-state index in [0.29, 0.717) is 19.8 Å². The van der Waals surface area contributed by atoms with E-state index in [4.69, 9.17) is 21.1 Å². The van der Waals surface area contributed by atoms with Gasteiger partial charge in [-0.3, -0.25) is 0 Å². The molecule has 0 bridgehead atoms. The summed E-state index contributed by atoms with van der Waals surface area (Å²) in [5, 5.41) is 4.24. The van der Waals surface area contributed by atoms with E-state index in [1.165, 1.54) is 11.1 Å². The van der Waals surface area contributed by atoms with Crippen LogP contribution in [0.15, 0.2) is 109 Å². The predicted molar refractivity (Wildman–Crippen MR) is 142 cm³/mol. The Balaban J connectivity index is 1.44. The van der Waals surface area contributed by atoms with Crippen molar-refractivity contribution in [3.63, 3.8) is 0 Å². The first kappa shape index (κ1) is 23.8. The molecule has 1 fully saturated rings. The summed E-state index contributed by atoms with van der Waals surface area (Å²) in [6.45, 7) is 2.59. The van der Waals surface area contributed by atoms with Crippen molar-refractivity contribution in [1.82, 2.24) is 5.32 Å². The van der Waals surface area contributed by atoms with E-state index in [1.807, 2.05) is 36.4 Å². The van der Waals surface area contributed by atoms with Crippen LogP contribution in [0.25, 0.3) is 11.1 Å². The van der Waals surface area contributed by atoms with Crippen LogP contribution in [0.3, 0.4) is 0 Å². The third-order valence-electron chi connectivity index (χ3n) is 6.74. The van der Waals surface area contributed by atoms with Crippen molar-refractivity contribution in [2.45, 2.75) is 31.3 Å². The van der Waals surface area contributed by atoms with Crippen molar-refractivity contribution in [2.24, 2.45) is 0 Å². The molecule has 0 spiro atoms. The monoisotopic (exact) mass is 483 g/mol. The van der Waals surface area contributed by atoms with Gasteiger partial charge in [-0.15, -0.1) is 0 Å². The zero-order chi connectivity index (χ0) is 23.9. The van der Waals surface area contributed by atoms with E-state index >= 15 is 0 Å². The molecule has 0 aliphatic carbocycles. The first-order valence-electron chi connectivity index (χ1n) is 12.1. The lowest BCUT2D eigenvalue weighted by atomic mass is 9.82. The molecule has 0 aromatic heterocycles. The highest BCUT2D eigenvalue weighted by Crippen LogP contribution is 2.39. The predicted octanol–water partition coefficient (Wildman–Crippen LogP) is 7.00. The second kappa shape index (κ2) is 11.2. The third kappa shape index (κ3) is 5.50. The van der Waals surface area contributed by atoms with Crippen molar-refractivity contribution < 1.29 is 9.47 Å². The molecule has 178 valence electrons. The molecule has 3 nitrogen and oxygen atoms in total. The molecule has 0 radical (unpaired) electrons. The summed E-state index contributed by atoms with van der Waals surface area (Å²) in [5.41, 5.74) is 5.22. The summed E-state index contributed by atoms with van der Waals surface area (Å²) < 4.78 is 13.5. The number of hydrogen-bond donors (Lipinski definition) is 1. The maximum absolute atomic E-state index is 6.79. The minimum absolute atomic E-state index is 0.162. The van der Waals surface area contributed by atoms with E-state index in [2.05, 4.69) is 78.1 Å². The molecule has 1 saturated heterocycles. The molecule has 4 aromatic rings. The largest absolute Gasteiger partial charge is 0.369 e. The van der Waals surface area contributed by atoms with Gasteiger partial charge in [-0.2, -0.15) is 0 Å². The number of nitrogens with one attached hydrogen (secondary N) is 1. The average molecular weight is 484 g/mol. The first-order valence-corrected chi connectivity index (χ1v) is 12.5. The van der Waals surface area contributed by atoms with Crippen LogP contribution >= 0.6 is 11.6 Å². The van der Waals surface area contributed by atoms with Crippen molar-refractivity contribution >= 4 is 11.6 Å². The Labute approximate surface area is 212 Å². The Kier molecular flexibility index (Phi) is 7.60. The topological polar surface area (TPSA) is 30.5 Å². The molecule has 1 aliphatic heterocycles. The van der Waals surface area contributed by atoms with Crippen molar-refractivity contribution in [3.8, 4) is 11.1 Å². The highest BCUT2D eigenvalue weighted by molar-refractivity contribution is 6.30. The average Bonchev–Trinajstić information content (AvgIpc) is 2.93. The lowest BCUT2D eigenvalue weighted by Crippen LogP contribution is -2.54. The molecule has 0 amide bonds. The Morgan fingerprint density at radius 3 is 2.23 bits per heavy atom. The van der Waals surface area contributed by atoms with E-state index in [0.717, 1.165) is 34.7 Å². The van der Waals surface area contributed by atoms with Crippen molar-refractivity contribution in [3.05, 3.63) is 131 Å². The molecule has 1 N–H and O–H groups in total. The fourth-order valence-corrected chi connectivity index (χ4v) is 4.99. The minimum Gasteiger partial charge on any atom is -0.369 e. The van der Waals surface area contributed by atoms with E-state index in [1.54, 1.807) is 0 Å². The zero-order valence-corrected chi connectivity index (χ0v) is 20.5. The third-order valence-corrected chi connectivity index (χ3v) is 6.99. The molecule has 1 aliphatic rings. The van der Waals surface area contributed by atoms with Gasteiger partial charge in [0, 0.05) is 11.6 Å². The molecule has 4 heteroatoms. The van der Waals surface area contributed by atoms with Crippen LogP contribution in [0.4, 0.5) is 0 Å². The highest BCUT2D eigenvalue weighted by atomic mass is 35.5. The molecule has 35 heavy (non-hydrogen) atoms. The fourth-order valence-electron chi connectivity index (χ4n) is 4.86.